The lowest BCUT2D eigenvalue weighted by atomic mass is 9.53. The molecule has 120 valence electrons. The molecule has 5 atom stereocenters. The fraction of sp³-hybridized carbons (Fsp3) is 0.750. The molecule has 0 aromatic heterocycles. The Morgan fingerprint density at radius 1 is 1.45 bits per heavy atom. The van der Waals surface area contributed by atoms with Crippen molar-refractivity contribution in [2.24, 2.45) is 29.1 Å². The van der Waals surface area contributed by atoms with E-state index in [4.69, 9.17) is 11.2 Å². The van der Waals surface area contributed by atoms with Gasteiger partial charge in [-0.2, -0.15) is 0 Å². The molecule has 3 fully saturated rings. The number of ether oxygens (including phenoxy) is 1. The molecule has 22 heavy (non-hydrogen) atoms. The lowest BCUT2D eigenvalue weighted by Crippen LogP contribution is -2.43. The Balaban J connectivity index is 1.62. The van der Waals surface area contributed by atoms with Crippen molar-refractivity contribution >= 4 is 5.97 Å². The minimum atomic E-state index is -0.527. The Hall–Kier alpha value is -1.23. The molecule has 2 heteroatoms. The molecule has 0 radical (unpaired) electrons. The van der Waals surface area contributed by atoms with E-state index in [0.29, 0.717) is 12.0 Å². The molecule has 0 heterocycles. The molecular weight excluding hydrogens is 272 g/mol. The molecule has 0 N–H and O–H groups in total. The van der Waals surface area contributed by atoms with Crippen molar-refractivity contribution in [3.05, 3.63) is 12.2 Å². The highest BCUT2D eigenvalue weighted by Gasteiger charge is 2.54. The van der Waals surface area contributed by atoms with Crippen LogP contribution >= 0.6 is 0 Å². The predicted molar refractivity (Wildman–Crippen MR) is 87.9 cm³/mol. The van der Waals surface area contributed by atoms with E-state index < -0.39 is 5.97 Å². The summed E-state index contributed by atoms with van der Waals surface area (Å²) in [7, 11) is 0. The van der Waals surface area contributed by atoms with Gasteiger partial charge < -0.3 is 4.74 Å². The summed E-state index contributed by atoms with van der Waals surface area (Å²) in [5, 5.41) is 0. The average Bonchev–Trinajstić information content (AvgIpc) is 2.76. The Labute approximate surface area is 134 Å². The molecule has 3 aliphatic rings. The number of hydrogen-bond acceptors (Lipinski definition) is 2. The normalized spacial score (nSPS) is 39.9. The van der Waals surface area contributed by atoms with Crippen LogP contribution in [0.4, 0.5) is 0 Å². The fourth-order valence-corrected chi connectivity index (χ4v) is 5.76. The number of esters is 1. The maximum absolute atomic E-state index is 11.0. The summed E-state index contributed by atoms with van der Waals surface area (Å²) in [6.07, 6.45) is 15.3. The second kappa shape index (κ2) is 6.11. The van der Waals surface area contributed by atoms with E-state index in [1.54, 1.807) is 0 Å². The van der Waals surface area contributed by atoms with E-state index >= 15 is 0 Å². The predicted octanol–water partition coefficient (Wildman–Crippen LogP) is 4.35. The van der Waals surface area contributed by atoms with Gasteiger partial charge in [-0.1, -0.05) is 19.1 Å². The summed E-state index contributed by atoms with van der Waals surface area (Å²) in [5.41, 5.74) is 2.09. The van der Waals surface area contributed by atoms with Crippen LogP contribution in [0.5, 0.6) is 0 Å². The molecule has 0 amide bonds. The van der Waals surface area contributed by atoms with E-state index in [1.807, 2.05) is 5.92 Å². The number of carbonyl (C=O) groups is 1. The van der Waals surface area contributed by atoms with Gasteiger partial charge in [0, 0.05) is 5.92 Å². The van der Waals surface area contributed by atoms with Gasteiger partial charge in [0.25, 0.3) is 0 Å². The van der Waals surface area contributed by atoms with Crippen molar-refractivity contribution < 1.29 is 9.53 Å². The van der Waals surface area contributed by atoms with Crippen molar-refractivity contribution in [2.45, 2.75) is 58.3 Å². The van der Waals surface area contributed by atoms with Crippen molar-refractivity contribution in [3.63, 3.8) is 0 Å². The largest absolute Gasteiger partial charge is 0.456 e. The summed E-state index contributed by atoms with van der Waals surface area (Å²) in [6.45, 7) is 7.25. The molecule has 3 saturated carbocycles. The van der Waals surface area contributed by atoms with Crippen molar-refractivity contribution in [2.75, 3.05) is 6.61 Å². The van der Waals surface area contributed by atoms with Crippen LogP contribution in [-0.4, -0.2) is 12.6 Å². The van der Waals surface area contributed by atoms with Gasteiger partial charge in [-0.05, 0) is 80.5 Å². The summed E-state index contributed by atoms with van der Waals surface area (Å²) in [4.78, 5) is 11.0. The number of hydrogen-bond donors (Lipinski definition) is 0. The topological polar surface area (TPSA) is 26.3 Å². The Bertz CT molecular complexity index is 500. The Kier molecular flexibility index (Phi) is 4.35. The fourth-order valence-electron chi connectivity index (χ4n) is 5.76. The Morgan fingerprint density at radius 2 is 2.27 bits per heavy atom. The van der Waals surface area contributed by atoms with Gasteiger partial charge >= 0.3 is 5.97 Å². The van der Waals surface area contributed by atoms with Crippen molar-refractivity contribution in [3.8, 4) is 12.3 Å². The van der Waals surface area contributed by atoms with Gasteiger partial charge in [0.05, 0.1) is 6.61 Å². The zero-order valence-electron chi connectivity index (χ0n) is 13.8. The number of rotatable bonds is 4. The average molecular weight is 300 g/mol. The van der Waals surface area contributed by atoms with Gasteiger partial charge in [-0.3, -0.25) is 0 Å². The molecule has 2 nitrogen and oxygen atoms in total. The van der Waals surface area contributed by atoms with E-state index in [1.165, 1.54) is 50.5 Å². The van der Waals surface area contributed by atoms with Gasteiger partial charge in [-0.15, -0.1) is 6.42 Å². The van der Waals surface area contributed by atoms with Crippen LogP contribution in [0.1, 0.15) is 58.3 Å². The van der Waals surface area contributed by atoms with Crippen LogP contribution in [0.25, 0.3) is 0 Å². The second-order valence-corrected chi connectivity index (χ2v) is 7.88. The van der Waals surface area contributed by atoms with Crippen LogP contribution in [0, 0.1) is 41.4 Å². The number of allylic oxidation sites excluding steroid dienone is 1. The van der Waals surface area contributed by atoms with Crippen LogP contribution in [0.15, 0.2) is 12.2 Å². The monoisotopic (exact) mass is 300 g/mol. The van der Waals surface area contributed by atoms with E-state index in [9.17, 15) is 4.79 Å². The third kappa shape index (κ3) is 2.71. The van der Waals surface area contributed by atoms with E-state index in [-0.39, 0.29) is 0 Å². The van der Waals surface area contributed by atoms with E-state index in [0.717, 1.165) is 30.1 Å². The maximum Gasteiger partial charge on any atom is 0.384 e. The molecule has 3 unspecified atom stereocenters. The molecule has 2 bridgehead atoms. The molecule has 0 saturated heterocycles. The van der Waals surface area contributed by atoms with Crippen LogP contribution in [-0.2, 0) is 9.53 Å². The quantitative estimate of drug-likeness (QED) is 0.254. The first-order chi connectivity index (χ1) is 10.6. The zero-order chi connectivity index (χ0) is 15.7. The summed E-state index contributed by atoms with van der Waals surface area (Å²) < 4.78 is 5.04. The SMILES string of the molecule is C#CC(=O)OCCCC1C(C)CC[C@]23CC(=C)[C@H](CCC12)C3. The Morgan fingerprint density at radius 3 is 3.05 bits per heavy atom. The van der Waals surface area contributed by atoms with E-state index in [2.05, 4.69) is 13.5 Å². The molecule has 0 aromatic rings. The molecular formula is C20H28O2. The molecule has 1 spiro atoms. The van der Waals surface area contributed by atoms with Gasteiger partial charge in [-0.25, -0.2) is 4.79 Å². The van der Waals surface area contributed by atoms with Crippen LogP contribution in [0.3, 0.4) is 0 Å². The summed E-state index contributed by atoms with van der Waals surface area (Å²) >= 11 is 0. The highest BCUT2D eigenvalue weighted by molar-refractivity contribution is 5.87. The lowest BCUT2D eigenvalue weighted by Gasteiger charge is -2.51. The summed E-state index contributed by atoms with van der Waals surface area (Å²) in [6, 6.07) is 0. The summed E-state index contributed by atoms with van der Waals surface area (Å²) in [5.74, 6) is 4.73. The molecule has 3 aliphatic carbocycles. The highest BCUT2D eigenvalue weighted by atomic mass is 16.5. The maximum atomic E-state index is 11.0. The standard InChI is InChI=1S/C20H28O2/c1-4-19(21)22-11-5-6-17-14(2)9-10-20-12-15(3)16(13-20)7-8-18(17)20/h1,14,16-18H,3,5-13H2,2H3/t14?,16-,17?,18?,20-/m1/s1. The molecule has 0 aliphatic heterocycles. The van der Waals surface area contributed by atoms with Gasteiger partial charge in [0.1, 0.15) is 0 Å². The number of terminal acetylenes is 1. The number of carbonyl (C=O) groups excluding carboxylic acids is 1. The minimum absolute atomic E-state index is 0.474. The first kappa shape index (κ1) is 15.7. The first-order valence-corrected chi connectivity index (χ1v) is 8.87. The first-order valence-electron chi connectivity index (χ1n) is 8.87. The molecule has 0 aromatic carbocycles. The third-order valence-electron chi connectivity index (χ3n) is 6.80. The highest BCUT2D eigenvalue weighted by Crippen LogP contribution is 2.64. The van der Waals surface area contributed by atoms with Gasteiger partial charge in [0.2, 0.25) is 0 Å². The van der Waals surface area contributed by atoms with Gasteiger partial charge in [0.15, 0.2) is 0 Å². The lowest BCUT2D eigenvalue weighted by molar-refractivity contribution is -0.137. The molecule has 3 rings (SSSR count). The minimum Gasteiger partial charge on any atom is -0.456 e. The van der Waals surface area contributed by atoms with Crippen molar-refractivity contribution in [1.29, 1.82) is 0 Å². The third-order valence-corrected chi connectivity index (χ3v) is 6.80. The van der Waals surface area contributed by atoms with Crippen LogP contribution in [0.2, 0.25) is 0 Å². The zero-order valence-corrected chi connectivity index (χ0v) is 13.8. The number of fused-ring (bicyclic) bond motifs is 1. The van der Waals surface area contributed by atoms with Crippen molar-refractivity contribution in [1.82, 2.24) is 0 Å². The smallest absolute Gasteiger partial charge is 0.384 e. The van der Waals surface area contributed by atoms with Crippen LogP contribution < -0.4 is 0 Å². The second-order valence-electron chi connectivity index (χ2n) is 7.88.